The molecule has 0 saturated carbocycles. The Labute approximate surface area is 166 Å². The lowest BCUT2D eigenvalue weighted by molar-refractivity contribution is 0.184. The molecule has 3 aromatic heterocycles. The minimum absolute atomic E-state index is 0.525. The van der Waals surface area contributed by atoms with Gasteiger partial charge in [0.15, 0.2) is 5.65 Å². The van der Waals surface area contributed by atoms with E-state index in [-0.39, 0.29) is 0 Å². The van der Waals surface area contributed by atoms with Crippen LogP contribution in [-0.2, 0) is 17.9 Å². The predicted octanol–water partition coefficient (Wildman–Crippen LogP) is 3.36. The predicted molar refractivity (Wildman–Crippen MR) is 115 cm³/mol. The maximum atomic E-state index is 5.22. The summed E-state index contributed by atoms with van der Waals surface area (Å²) in [6, 6.07) is 12.5. The number of hydrogen-bond donors (Lipinski definition) is 1. The van der Waals surface area contributed by atoms with Gasteiger partial charge in [-0.3, -0.25) is 9.38 Å². The number of benzene rings is 1. The number of nitrogens with one attached hydrogen (secondary N) is 1. The summed E-state index contributed by atoms with van der Waals surface area (Å²) < 4.78 is 7.19. The summed E-state index contributed by atoms with van der Waals surface area (Å²) in [5.41, 5.74) is 6.32. The lowest BCUT2D eigenvalue weighted by Crippen LogP contribution is -2.11. The van der Waals surface area contributed by atoms with Crippen LogP contribution in [0.1, 0.15) is 16.7 Å². The number of nitrogens with zero attached hydrogens (tertiary/aromatic N) is 4. The molecule has 1 N–H and O–H groups in total. The van der Waals surface area contributed by atoms with E-state index >= 15 is 0 Å². The van der Waals surface area contributed by atoms with Gasteiger partial charge in [0.05, 0.1) is 6.61 Å². The van der Waals surface area contributed by atoms with Gasteiger partial charge < -0.3 is 10.1 Å². The van der Waals surface area contributed by atoms with E-state index in [2.05, 4.69) is 73.1 Å². The van der Waals surface area contributed by atoms with E-state index in [0.29, 0.717) is 6.61 Å². The fourth-order valence-corrected chi connectivity index (χ4v) is 3.75. The summed E-state index contributed by atoms with van der Waals surface area (Å²) in [6.07, 6.45) is 5.38. The Morgan fingerprint density at radius 1 is 1.18 bits per heavy atom. The lowest BCUT2D eigenvalue weighted by atomic mass is 10.1. The van der Waals surface area contributed by atoms with E-state index in [9.17, 15) is 0 Å². The largest absolute Gasteiger partial charge is 0.380 e. The molecule has 0 spiro atoms. The Balaban J connectivity index is 1.67. The Morgan fingerprint density at radius 2 is 2.07 bits per heavy atom. The highest BCUT2D eigenvalue weighted by Gasteiger charge is 2.11. The number of ether oxygens (including phenoxy) is 1. The maximum absolute atomic E-state index is 5.22. The minimum atomic E-state index is 0.525. The smallest absolute Gasteiger partial charge is 0.170 e. The molecule has 7 heteroatoms. The molecule has 0 fully saturated rings. The van der Waals surface area contributed by atoms with Crippen molar-refractivity contribution < 1.29 is 4.74 Å². The van der Waals surface area contributed by atoms with Crippen molar-refractivity contribution in [1.82, 2.24) is 19.6 Å². The Bertz CT molecular complexity index is 1100. The van der Waals surface area contributed by atoms with Crippen molar-refractivity contribution in [3.05, 3.63) is 71.8 Å². The van der Waals surface area contributed by atoms with Crippen molar-refractivity contribution in [3.8, 4) is 11.1 Å². The van der Waals surface area contributed by atoms with Gasteiger partial charge in [-0.25, -0.2) is 0 Å². The fourth-order valence-electron chi connectivity index (χ4n) is 3.31. The first-order chi connectivity index (χ1) is 13.7. The van der Waals surface area contributed by atoms with Gasteiger partial charge in [-0.2, -0.15) is 0 Å². The molecular formula is C21H22N5OP. The van der Waals surface area contributed by atoms with Crippen molar-refractivity contribution in [2.45, 2.75) is 20.1 Å². The van der Waals surface area contributed by atoms with Crippen LogP contribution in [0.15, 0.2) is 55.1 Å². The number of fused-ring (bicyclic) bond motifs is 1. The molecule has 142 valence electrons. The zero-order valence-corrected chi connectivity index (χ0v) is 17.0. The van der Waals surface area contributed by atoms with Crippen LogP contribution in [0.4, 0.5) is 5.82 Å². The van der Waals surface area contributed by atoms with Crippen LogP contribution < -0.4 is 10.6 Å². The zero-order chi connectivity index (χ0) is 19.5. The van der Waals surface area contributed by atoms with E-state index in [1.165, 1.54) is 16.4 Å². The molecule has 0 aliphatic carbocycles. The summed E-state index contributed by atoms with van der Waals surface area (Å²) in [6.45, 7) is 3.38. The molecule has 1 aromatic carbocycles. The third-order valence-electron chi connectivity index (χ3n) is 4.77. The normalized spacial score (nSPS) is 11.1. The molecule has 28 heavy (non-hydrogen) atoms. The molecule has 3 heterocycles. The summed E-state index contributed by atoms with van der Waals surface area (Å²) >= 11 is 0. The average molecular weight is 391 g/mol. The number of hydrogen-bond acceptors (Lipinski definition) is 5. The van der Waals surface area contributed by atoms with Gasteiger partial charge in [0.1, 0.15) is 12.1 Å². The van der Waals surface area contributed by atoms with E-state index < -0.39 is 0 Å². The number of aromatic nitrogens is 4. The van der Waals surface area contributed by atoms with Gasteiger partial charge in [-0.15, -0.1) is 19.4 Å². The Hall–Kier alpha value is -2.82. The van der Waals surface area contributed by atoms with Crippen molar-refractivity contribution >= 4 is 26.0 Å². The minimum Gasteiger partial charge on any atom is -0.380 e. The van der Waals surface area contributed by atoms with E-state index in [1.54, 1.807) is 13.4 Å². The second-order valence-electron chi connectivity index (χ2n) is 6.67. The van der Waals surface area contributed by atoms with Gasteiger partial charge in [0.25, 0.3) is 0 Å². The second kappa shape index (κ2) is 8.05. The van der Waals surface area contributed by atoms with Crippen molar-refractivity contribution in [3.63, 3.8) is 0 Å². The van der Waals surface area contributed by atoms with Crippen LogP contribution in [0.2, 0.25) is 0 Å². The Kier molecular flexibility index (Phi) is 5.33. The highest BCUT2D eigenvalue weighted by Crippen LogP contribution is 2.26. The molecule has 0 bridgehead atoms. The Morgan fingerprint density at radius 3 is 2.89 bits per heavy atom. The molecule has 0 radical (unpaired) electrons. The highest BCUT2D eigenvalue weighted by molar-refractivity contribution is 7.27. The van der Waals surface area contributed by atoms with Crippen molar-refractivity contribution in [2.75, 3.05) is 12.4 Å². The van der Waals surface area contributed by atoms with E-state index in [4.69, 9.17) is 4.74 Å². The van der Waals surface area contributed by atoms with Gasteiger partial charge in [0.2, 0.25) is 0 Å². The molecule has 0 saturated heterocycles. The molecule has 4 rings (SSSR count). The molecule has 0 amide bonds. The van der Waals surface area contributed by atoms with Crippen LogP contribution in [0.3, 0.4) is 0 Å². The van der Waals surface area contributed by atoms with Gasteiger partial charge in [-0.05, 0) is 47.1 Å². The van der Waals surface area contributed by atoms with Crippen LogP contribution in [-0.4, -0.2) is 26.7 Å². The summed E-state index contributed by atoms with van der Waals surface area (Å²) in [5.74, 6) is 0.942. The van der Waals surface area contributed by atoms with Gasteiger partial charge >= 0.3 is 0 Å². The first kappa shape index (κ1) is 18.5. The lowest BCUT2D eigenvalue weighted by Gasteiger charge is -2.14. The molecule has 0 aliphatic rings. The first-order valence-corrected chi connectivity index (χ1v) is 9.59. The van der Waals surface area contributed by atoms with E-state index in [0.717, 1.165) is 34.7 Å². The average Bonchev–Trinajstić information content (AvgIpc) is 3.18. The van der Waals surface area contributed by atoms with Gasteiger partial charge in [-0.1, -0.05) is 18.2 Å². The molecule has 1 atom stereocenters. The number of methoxy groups -OCH3 is 1. The number of aryl methyl sites for hydroxylation is 1. The maximum Gasteiger partial charge on any atom is 0.170 e. The second-order valence-corrected chi connectivity index (χ2v) is 7.29. The quantitative estimate of drug-likeness (QED) is 0.511. The van der Waals surface area contributed by atoms with Crippen molar-refractivity contribution in [2.24, 2.45) is 0 Å². The van der Waals surface area contributed by atoms with Crippen LogP contribution in [0.25, 0.3) is 16.8 Å². The molecule has 1 unspecified atom stereocenters. The molecule has 6 nitrogen and oxygen atoms in total. The number of anilines is 1. The SMILES string of the molecule is COCc1cncc(-c2ccc(NCc3c(C)cccc3P)n3cnnc23)c1. The summed E-state index contributed by atoms with van der Waals surface area (Å²) in [4.78, 5) is 4.33. The van der Waals surface area contributed by atoms with Crippen LogP contribution >= 0.6 is 9.24 Å². The zero-order valence-electron chi connectivity index (χ0n) is 15.9. The van der Waals surface area contributed by atoms with Crippen LogP contribution in [0.5, 0.6) is 0 Å². The van der Waals surface area contributed by atoms with E-state index in [1.807, 2.05) is 16.8 Å². The standard InChI is InChI=1S/C21H22N5OP/c1-14-4-3-5-19(28)18(14)11-23-20-7-6-17(21-25-24-13-26(20)21)16-8-15(12-27-2)9-22-10-16/h3-10,13,23H,11-12,28H2,1-2H3. The summed E-state index contributed by atoms with van der Waals surface area (Å²) in [7, 11) is 4.48. The summed E-state index contributed by atoms with van der Waals surface area (Å²) in [5, 5.41) is 13.2. The fraction of sp³-hybridized carbons (Fsp3) is 0.190. The number of pyridine rings is 2. The molecule has 4 aromatic rings. The monoisotopic (exact) mass is 391 g/mol. The van der Waals surface area contributed by atoms with Gasteiger partial charge in [0, 0.05) is 37.2 Å². The third-order valence-corrected chi connectivity index (χ3v) is 5.31. The van der Waals surface area contributed by atoms with Crippen molar-refractivity contribution in [1.29, 1.82) is 0 Å². The first-order valence-electron chi connectivity index (χ1n) is 9.01. The number of rotatable bonds is 6. The molecular weight excluding hydrogens is 369 g/mol. The third kappa shape index (κ3) is 3.61. The topological polar surface area (TPSA) is 64.3 Å². The van der Waals surface area contributed by atoms with Crippen LogP contribution in [0, 0.1) is 6.92 Å². The molecule has 0 aliphatic heterocycles. The highest BCUT2D eigenvalue weighted by atomic mass is 31.0.